The van der Waals surface area contributed by atoms with Gasteiger partial charge < -0.3 is 9.80 Å². The van der Waals surface area contributed by atoms with Crippen molar-refractivity contribution in [3.8, 4) is 0 Å². The van der Waals surface area contributed by atoms with Crippen LogP contribution < -0.4 is 0 Å². The van der Waals surface area contributed by atoms with E-state index in [1.165, 1.54) is 6.20 Å². The molecule has 7 nitrogen and oxygen atoms in total. The number of amides is 1. The predicted octanol–water partition coefficient (Wildman–Crippen LogP) is 1.21. The number of hydrogen-bond donors (Lipinski definition) is 0. The molecule has 0 saturated carbocycles. The summed E-state index contributed by atoms with van der Waals surface area (Å²) in [6.45, 7) is 8.42. The third-order valence-corrected chi connectivity index (χ3v) is 4.36. The molecule has 0 unspecified atom stereocenters. The molecule has 23 heavy (non-hydrogen) atoms. The van der Waals surface area contributed by atoms with E-state index in [4.69, 9.17) is 0 Å². The molecular formula is C16H22N6O. The van der Waals surface area contributed by atoms with Crippen LogP contribution in [-0.2, 0) is 6.54 Å². The molecular weight excluding hydrogens is 292 g/mol. The first-order valence-electron chi connectivity index (χ1n) is 8.03. The van der Waals surface area contributed by atoms with Crippen molar-refractivity contribution in [3.63, 3.8) is 0 Å². The lowest BCUT2D eigenvalue weighted by molar-refractivity contribution is 0.0642. The van der Waals surface area contributed by atoms with Gasteiger partial charge in [-0.2, -0.15) is 15.3 Å². The summed E-state index contributed by atoms with van der Waals surface area (Å²) < 4.78 is 2.06. The largest absolute Gasteiger partial charge is 0.331 e. The van der Waals surface area contributed by atoms with E-state index < -0.39 is 0 Å². The SMILES string of the molecule is CCN(CC)C[C@H]1CN(C(=O)c2ccnnc2)Cc2ccnn21. The fraction of sp³-hybridized carbons (Fsp3) is 0.500. The molecule has 2 aromatic rings. The lowest BCUT2D eigenvalue weighted by Crippen LogP contribution is -2.45. The molecule has 2 aromatic heterocycles. The Morgan fingerprint density at radius 2 is 2.09 bits per heavy atom. The molecule has 0 aliphatic carbocycles. The molecule has 1 atom stereocenters. The highest BCUT2D eigenvalue weighted by molar-refractivity contribution is 5.93. The Labute approximate surface area is 135 Å². The van der Waals surface area contributed by atoms with Gasteiger partial charge in [-0.25, -0.2) is 0 Å². The molecule has 0 spiro atoms. The normalized spacial score (nSPS) is 17.3. The van der Waals surface area contributed by atoms with Crippen LogP contribution in [0, 0.1) is 0 Å². The Morgan fingerprint density at radius 1 is 1.26 bits per heavy atom. The van der Waals surface area contributed by atoms with Crippen molar-refractivity contribution in [2.75, 3.05) is 26.2 Å². The van der Waals surface area contributed by atoms with Crippen LogP contribution in [0.1, 0.15) is 35.9 Å². The molecule has 3 heterocycles. The molecule has 1 amide bonds. The van der Waals surface area contributed by atoms with Gasteiger partial charge in [0.1, 0.15) is 0 Å². The summed E-state index contributed by atoms with van der Waals surface area (Å²) in [4.78, 5) is 17.0. The Kier molecular flexibility index (Phi) is 4.66. The fourth-order valence-electron chi connectivity index (χ4n) is 3.06. The zero-order valence-corrected chi connectivity index (χ0v) is 13.6. The van der Waals surface area contributed by atoms with Gasteiger partial charge in [-0.15, -0.1) is 0 Å². The molecule has 0 fully saturated rings. The van der Waals surface area contributed by atoms with Gasteiger partial charge in [-0.3, -0.25) is 9.48 Å². The number of carbonyl (C=O) groups excluding carboxylic acids is 1. The smallest absolute Gasteiger partial charge is 0.255 e. The monoisotopic (exact) mass is 314 g/mol. The van der Waals surface area contributed by atoms with Gasteiger partial charge in [0.2, 0.25) is 0 Å². The van der Waals surface area contributed by atoms with E-state index in [9.17, 15) is 4.79 Å². The summed E-state index contributed by atoms with van der Waals surface area (Å²) in [6, 6.07) is 3.87. The maximum atomic E-state index is 12.7. The first kappa shape index (κ1) is 15.6. The van der Waals surface area contributed by atoms with E-state index in [2.05, 4.69) is 38.7 Å². The second-order valence-corrected chi connectivity index (χ2v) is 5.72. The third kappa shape index (κ3) is 3.24. The summed E-state index contributed by atoms with van der Waals surface area (Å²) in [5.74, 6) is -0.00287. The fourth-order valence-corrected chi connectivity index (χ4v) is 3.06. The van der Waals surface area contributed by atoms with Crippen LogP contribution in [0.4, 0.5) is 0 Å². The molecule has 1 aliphatic heterocycles. The number of likely N-dealkylation sites (N-methyl/N-ethyl adjacent to an activating group) is 1. The van der Waals surface area contributed by atoms with E-state index >= 15 is 0 Å². The average Bonchev–Trinajstić information content (AvgIpc) is 3.08. The van der Waals surface area contributed by atoms with Crippen molar-refractivity contribution in [3.05, 3.63) is 42.0 Å². The highest BCUT2D eigenvalue weighted by atomic mass is 16.2. The van der Waals surface area contributed by atoms with Gasteiger partial charge in [-0.05, 0) is 25.2 Å². The second-order valence-electron chi connectivity index (χ2n) is 5.72. The average molecular weight is 314 g/mol. The summed E-state index contributed by atoms with van der Waals surface area (Å²) in [5.41, 5.74) is 1.65. The third-order valence-electron chi connectivity index (χ3n) is 4.36. The predicted molar refractivity (Wildman–Crippen MR) is 85.8 cm³/mol. The molecule has 0 aromatic carbocycles. The van der Waals surface area contributed by atoms with Crippen molar-refractivity contribution in [1.29, 1.82) is 0 Å². The number of carbonyl (C=O) groups is 1. The minimum atomic E-state index is -0.00287. The summed E-state index contributed by atoms with van der Waals surface area (Å²) in [5, 5.41) is 12.0. The first-order valence-corrected chi connectivity index (χ1v) is 8.03. The summed E-state index contributed by atoms with van der Waals surface area (Å²) >= 11 is 0. The minimum Gasteiger partial charge on any atom is -0.331 e. The van der Waals surface area contributed by atoms with Gasteiger partial charge in [0.15, 0.2) is 0 Å². The van der Waals surface area contributed by atoms with Crippen molar-refractivity contribution in [2.24, 2.45) is 0 Å². The summed E-state index contributed by atoms with van der Waals surface area (Å²) in [7, 11) is 0. The Balaban J connectivity index is 1.81. The van der Waals surface area contributed by atoms with Crippen LogP contribution in [0.15, 0.2) is 30.7 Å². The molecule has 0 N–H and O–H groups in total. The highest BCUT2D eigenvalue weighted by Gasteiger charge is 2.29. The Bertz CT molecular complexity index is 652. The van der Waals surface area contributed by atoms with Gasteiger partial charge in [-0.1, -0.05) is 13.8 Å². The van der Waals surface area contributed by atoms with Gasteiger partial charge in [0.05, 0.1) is 36.2 Å². The Morgan fingerprint density at radius 3 is 2.78 bits per heavy atom. The van der Waals surface area contributed by atoms with Crippen molar-refractivity contribution >= 4 is 5.91 Å². The minimum absolute atomic E-state index is 0.00287. The van der Waals surface area contributed by atoms with Crippen LogP contribution in [0.5, 0.6) is 0 Å². The van der Waals surface area contributed by atoms with Crippen molar-refractivity contribution < 1.29 is 4.79 Å². The van der Waals surface area contributed by atoms with Crippen LogP contribution in [-0.4, -0.2) is 61.9 Å². The van der Waals surface area contributed by atoms with Crippen LogP contribution in [0.2, 0.25) is 0 Å². The highest BCUT2D eigenvalue weighted by Crippen LogP contribution is 2.22. The van der Waals surface area contributed by atoms with Crippen LogP contribution >= 0.6 is 0 Å². The van der Waals surface area contributed by atoms with E-state index in [1.807, 2.05) is 17.2 Å². The number of hydrogen-bond acceptors (Lipinski definition) is 5. The maximum absolute atomic E-state index is 12.7. The van der Waals surface area contributed by atoms with Gasteiger partial charge >= 0.3 is 0 Å². The number of rotatable bonds is 5. The van der Waals surface area contributed by atoms with Crippen molar-refractivity contribution in [2.45, 2.75) is 26.4 Å². The second kappa shape index (κ2) is 6.87. The maximum Gasteiger partial charge on any atom is 0.255 e. The number of nitrogens with zero attached hydrogens (tertiary/aromatic N) is 6. The topological polar surface area (TPSA) is 67.2 Å². The molecule has 1 aliphatic rings. The van der Waals surface area contributed by atoms with Gasteiger partial charge in [0, 0.05) is 19.3 Å². The van der Waals surface area contributed by atoms with Gasteiger partial charge in [0.25, 0.3) is 5.91 Å². The van der Waals surface area contributed by atoms with E-state index in [0.29, 0.717) is 18.7 Å². The summed E-state index contributed by atoms with van der Waals surface area (Å²) in [6.07, 6.45) is 4.88. The first-order chi connectivity index (χ1) is 11.2. The van der Waals surface area contributed by atoms with Crippen LogP contribution in [0.25, 0.3) is 0 Å². The number of aromatic nitrogens is 4. The molecule has 122 valence electrons. The molecule has 0 radical (unpaired) electrons. The van der Waals surface area contributed by atoms with Crippen LogP contribution in [0.3, 0.4) is 0 Å². The molecule has 0 bridgehead atoms. The van der Waals surface area contributed by atoms with E-state index in [-0.39, 0.29) is 11.9 Å². The van der Waals surface area contributed by atoms with E-state index in [1.54, 1.807) is 12.3 Å². The lowest BCUT2D eigenvalue weighted by Gasteiger charge is -2.36. The molecule has 3 rings (SSSR count). The molecule has 7 heteroatoms. The quantitative estimate of drug-likeness (QED) is 0.830. The van der Waals surface area contributed by atoms with E-state index in [0.717, 1.165) is 25.3 Å². The Hall–Kier alpha value is -2.28. The lowest BCUT2D eigenvalue weighted by atomic mass is 10.1. The zero-order valence-electron chi connectivity index (χ0n) is 13.6. The molecule has 0 saturated heterocycles. The standard InChI is InChI=1S/C16H22N6O/c1-3-20(4-2)10-15-12-21(11-14-6-8-19-22(14)15)16(23)13-5-7-17-18-9-13/h5-9,15H,3-4,10-12H2,1-2H3/t15-/m0/s1. The number of fused-ring (bicyclic) bond motifs is 1. The zero-order chi connectivity index (χ0) is 16.2. The van der Waals surface area contributed by atoms with Crippen molar-refractivity contribution in [1.82, 2.24) is 29.8 Å².